The fourth-order valence-electron chi connectivity index (χ4n) is 0.811. The fraction of sp³-hybridized carbons (Fsp3) is 0.200. The Morgan fingerprint density at radius 2 is 1.06 bits per heavy atom. The van der Waals surface area contributed by atoms with Crippen molar-refractivity contribution in [3.05, 3.63) is 49.1 Å². The second-order valence-corrected chi connectivity index (χ2v) is 2.67. The summed E-state index contributed by atoms with van der Waals surface area (Å²) in [7, 11) is 0. The van der Waals surface area contributed by atoms with E-state index < -0.39 is 36.0 Å². The van der Waals surface area contributed by atoms with E-state index in [1.54, 1.807) is 0 Å². The normalized spacial score (nSPS) is 13.5. The molecule has 17 heavy (non-hydrogen) atoms. The van der Waals surface area contributed by atoms with Crippen molar-refractivity contribution in [2.24, 2.45) is 0 Å². The lowest BCUT2D eigenvalue weighted by Gasteiger charge is -2.16. The molecule has 0 radical (unpaired) electrons. The van der Waals surface area contributed by atoms with Crippen molar-refractivity contribution in [3.63, 3.8) is 0 Å². The van der Waals surface area contributed by atoms with Crippen LogP contribution in [0, 0.1) is 0 Å². The topological polar surface area (TPSA) is 9.23 Å². The second kappa shape index (κ2) is 6.95. The average Bonchev–Trinajstić information content (AvgIpc) is 2.28. The summed E-state index contributed by atoms with van der Waals surface area (Å²) in [5.74, 6) is -4.06. The quantitative estimate of drug-likeness (QED) is 0.510. The molecule has 0 N–H and O–H groups in total. The highest BCUT2D eigenvalue weighted by molar-refractivity contribution is 5.12. The van der Waals surface area contributed by atoms with Crippen molar-refractivity contribution in [1.29, 1.82) is 0 Å². The molecule has 0 aliphatic carbocycles. The van der Waals surface area contributed by atoms with Crippen molar-refractivity contribution < 1.29 is 31.1 Å². The van der Waals surface area contributed by atoms with E-state index in [4.69, 9.17) is 0 Å². The molecule has 0 bridgehead atoms. The zero-order chi connectivity index (χ0) is 13.6. The summed E-state index contributed by atoms with van der Waals surface area (Å²) in [6, 6.07) is 0. The van der Waals surface area contributed by atoms with Crippen molar-refractivity contribution >= 4 is 0 Å². The van der Waals surface area contributed by atoms with E-state index in [2.05, 4.69) is 17.9 Å². The van der Waals surface area contributed by atoms with Gasteiger partial charge in [0.15, 0.2) is 11.7 Å². The van der Waals surface area contributed by atoms with Crippen LogP contribution in [0.15, 0.2) is 49.1 Å². The Balaban J connectivity index is 5.02. The van der Waals surface area contributed by atoms with Gasteiger partial charge >= 0.3 is 12.2 Å². The van der Waals surface area contributed by atoms with Crippen LogP contribution in [0.3, 0.4) is 0 Å². The molecule has 0 heterocycles. The first-order chi connectivity index (χ1) is 7.84. The largest absolute Gasteiger partial charge is 0.352 e. The predicted molar refractivity (Wildman–Crippen MR) is 49.8 cm³/mol. The highest BCUT2D eigenvalue weighted by Crippen LogP contribution is 2.23. The lowest BCUT2D eigenvalue weighted by atomic mass is 10.2. The minimum Gasteiger partial charge on any atom is -0.352 e. The number of rotatable bonds is 6. The Hall–Kier alpha value is -1.50. The molecule has 0 aromatic rings. The molecule has 0 aliphatic heterocycles. The van der Waals surface area contributed by atoms with Gasteiger partial charge in [-0.15, -0.1) is 13.2 Å². The van der Waals surface area contributed by atoms with E-state index in [1.165, 1.54) is 0 Å². The minimum atomic E-state index is -2.71. The van der Waals surface area contributed by atoms with Crippen LogP contribution >= 0.6 is 0 Å². The van der Waals surface area contributed by atoms with Crippen LogP contribution in [-0.2, 0) is 4.74 Å². The molecular weight excluding hydrogens is 250 g/mol. The second-order valence-electron chi connectivity index (χ2n) is 2.67. The average molecular weight is 258 g/mol. The van der Waals surface area contributed by atoms with Crippen LogP contribution in [0.4, 0.5) is 26.3 Å². The molecule has 0 spiro atoms. The van der Waals surface area contributed by atoms with E-state index in [-0.39, 0.29) is 0 Å². The zero-order valence-corrected chi connectivity index (χ0v) is 8.40. The molecule has 7 heteroatoms. The van der Waals surface area contributed by atoms with E-state index >= 15 is 0 Å². The molecule has 0 aliphatic rings. The highest BCUT2D eigenvalue weighted by Gasteiger charge is 2.25. The Bertz CT molecular complexity index is 318. The molecule has 0 aromatic carbocycles. The first-order valence-electron chi connectivity index (χ1n) is 4.17. The van der Waals surface area contributed by atoms with Gasteiger partial charge in [0.25, 0.3) is 0 Å². The third-order valence-electron chi connectivity index (χ3n) is 1.58. The van der Waals surface area contributed by atoms with Gasteiger partial charge in [-0.25, -0.2) is 8.78 Å². The maximum absolute atomic E-state index is 12.7. The van der Waals surface area contributed by atoms with Gasteiger partial charge in [-0.1, -0.05) is 12.2 Å². The first kappa shape index (κ1) is 15.5. The first-order valence-corrected chi connectivity index (χ1v) is 4.17. The van der Waals surface area contributed by atoms with Crippen molar-refractivity contribution in [3.8, 4) is 0 Å². The van der Waals surface area contributed by atoms with Crippen LogP contribution in [0.2, 0.25) is 0 Å². The summed E-state index contributed by atoms with van der Waals surface area (Å²) < 4.78 is 77.3. The highest BCUT2D eigenvalue weighted by atomic mass is 19.3. The zero-order valence-electron chi connectivity index (χ0n) is 8.40. The summed E-state index contributed by atoms with van der Waals surface area (Å²) in [5, 5.41) is 0. The Kier molecular flexibility index (Phi) is 6.34. The van der Waals surface area contributed by atoms with Gasteiger partial charge in [0.05, 0.1) is 0 Å². The van der Waals surface area contributed by atoms with Crippen LogP contribution in [0.1, 0.15) is 0 Å². The monoisotopic (exact) mass is 258 g/mol. The summed E-state index contributed by atoms with van der Waals surface area (Å²) in [6.45, 7) is 5.93. The maximum Gasteiger partial charge on any atom is 0.304 e. The minimum absolute atomic E-state index is 0.578. The summed E-state index contributed by atoms with van der Waals surface area (Å²) in [5.41, 5.74) is 0. The van der Waals surface area contributed by atoms with Crippen LogP contribution in [0.25, 0.3) is 0 Å². The molecule has 0 fully saturated rings. The SMILES string of the molecule is C=CC(OC(C=C)C(F)=C(F)F)C(F)=C(F)F. The van der Waals surface area contributed by atoms with Gasteiger partial charge in [0.2, 0.25) is 0 Å². The molecule has 96 valence electrons. The van der Waals surface area contributed by atoms with E-state index in [0.29, 0.717) is 12.2 Å². The standard InChI is InChI=1S/C10H8F6O/c1-3-5(7(11)9(13)14)17-6(4-2)8(12)10(15)16/h3-6H,1-2H2. The lowest BCUT2D eigenvalue weighted by Crippen LogP contribution is -2.20. The molecule has 2 unspecified atom stereocenters. The molecule has 2 atom stereocenters. The van der Waals surface area contributed by atoms with Gasteiger partial charge in [-0.3, -0.25) is 0 Å². The number of hydrogen-bond donors (Lipinski definition) is 0. The van der Waals surface area contributed by atoms with Gasteiger partial charge < -0.3 is 4.74 Å². The van der Waals surface area contributed by atoms with Crippen LogP contribution < -0.4 is 0 Å². The summed E-state index contributed by atoms with van der Waals surface area (Å²) in [6.07, 6.45) is -8.32. The molecular formula is C10H8F6O. The maximum atomic E-state index is 12.7. The lowest BCUT2D eigenvalue weighted by molar-refractivity contribution is 0.0488. The van der Waals surface area contributed by atoms with Crippen LogP contribution in [-0.4, -0.2) is 12.2 Å². The summed E-state index contributed by atoms with van der Waals surface area (Å²) in [4.78, 5) is 0. The molecule has 0 saturated heterocycles. The Morgan fingerprint density at radius 1 is 0.765 bits per heavy atom. The van der Waals surface area contributed by atoms with Gasteiger partial charge in [-0.2, -0.15) is 17.6 Å². The predicted octanol–water partition coefficient (Wildman–Crippen LogP) is 4.27. The van der Waals surface area contributed by atoms with Crippen molar-refractivity contribution in [2.45, 2.75) is 12.2 Å². The number of ether oxygens (including phenoxy) is 1. The molecule has 0 saturated carbocycles. The fourth-order valence-corrected chi connectivity index (χ4v) is 0.811. The van der Waals surface area contributed by atoms with Crippen molar-refractivity contribution in [1.82, 2.24) is 0 Å². The molecule has 0 rings (SSSR count). The van der Waals surface area contributed by atoms with Crippen molar-refractivity contribution in [2.75, 3.05) is 0 Å². The number of halogens is 6. The van der Waals surface area contributed by atoms with E-state index in [9.17, 15) is 26.3 Å². The van der Waals surface area contributed by atoms with Gasteiger partial charge in [0, 0.05) is 0 Å². The van der Waals surface area contributed by atoms with Gasteiger partial charge in [0.1, 0.15) is 12.2 Å². The molecule has 1 nitrogen and oxygen atoms in total. The smallest absolute Gasteiger partial charge is 0.304 e. The van der Waals surface area contributed by atoms with E-state index in [0.717, 1.165) is 0 Å². The Labute approximate surface area is 93.4 Å². The van der Waals surface area contributed by atoms with Crippen LogP contribution in [0.5, 0.6) is 0 Å². The van der Waals surface area contributed by atoms with E-state index in [1.807, 2.05) is 0 Å². The third kappa shape index (κ3) is 4.48. The summed E-state index contributed by atoms with van der Waals surface area (Å²) >= 11 is 0. The third-order valence-corrected chi connectivity index (χ3v) is 1.58. The molecule has 0 amide bonds. The Morgan fingerprint density at radius 3 is 1.24 bits per heavy atom. The number of hydrogen-bond acceptors (Lipinski definition) is 1. The molecule has 0 aromatic heterocycles. The van der Waals surface area contributed by atoms with Gasteiger partial charge in [-0.05, 0) is 0 Å².